The first-order chi connectivity index (χ1) is 11.6. The molecule has 2 N–H and O–H groups in total. The van der Waals surface area contributed by atoms with Crippen LogP contribution in [0.4, 0.5) is 15.8 Å². The van der Waals surface area contributed by atoms with Crippen molar-refractivity contribution >= 4 is 17.2 Å². The zero-order chi connectivity index (χ0) is 16.7. The van der Waals surface area contributed by atoms with Gasteiger partial charge >= 0.3 is 0 Å². The monoisotopic (exact) mass is 322 g/mol. The number of carbonyl (C=O) groups is 1. The van der Waals surface area contributed by atoms with E-state index in [4.69, 9.17) is 0 Å². The highest BCUT2D eigenvalue weighted by Crippen LogP contribution is 2.41. The number of rotatable bonds is 1. The highest BCUT2D eigenvalue weighted by atomic mass is 19.1. The number of halogens is 1. The summed E-state index contributed by atoms with van der Waals surface area (Å²) in [5, 5.41) is 6.93. The molecular weight excluding hydrogens is 303 g/mol. The Balaban J connectivity index is 1.87. The Morgan fingerprint density at radius 3 is 2.46 bits per heavy atom. The summed E-state index contributed by atoms with van der Waals surface area (Å²) in [5.74, 6) is 0.206. The molecular formula is C20H19FN2O. The van der Waals surface area contributed by atoms with Crippen molar-refractivity contribution in [2.75, 3.05) is 10.6 Å². The van der Waals surface area contributed by atoms with Gasteiger partial charge < -0.3 is 10.6 Å². The lowest BCUT2D eigenvalue weighted by Gasteiger charge is -2.28. The number of hydrogen-bond acceptors (Lipinski definition) is 3. The van der Waals surface area contributed by atoms with E-state index < -0.39 is 0 Å². The van der Waals surface area contributed by atoms with Crippen LogP contribution in [0, 0.1) is 11.7 Å². The van der Waals surface area contributed by atoms with E-state index in [1.165, 1.54) is 12.1 Å². The number of allylic oxidation sites excluding steroid dienone is 1. The van der Waals surface area contributed by atoms with Gasteiger partial charge in [-0.15, -0.1) is 0 Å². The SMILES string of the molecule is C[C@@H]1CC(=O)C2=C(C1)Nc1ccccc1N[C@@H]2c1ccc(F)cc1. The normalized spacial score (nSPS) is 22.8. The number of benzene rings is 2. The molecule has 0 saturated heterocycles. The van der Waals surface area contributed by atoms with Crippen LogP contribution < -0.4 is 10.6 Å². The molecule has 0 fully saturated rings. The fourth-order valence-electron chi connectivity index (χ4n) is 3.59. The summed E-state index contributed by atoms with van der Waals surface area (Å²) < 4.78 is 13.3. The second-order valence-corrected chi connectivity index (χ2v) is 6.63. The molecule has 0 saturated carbocycles. The van der Waals surface area contributed by atoms with Crippen LogP contribution >= 0.6 is 0 Å². The first-order valence-electron chi connectivity index (χ1n) is 8.26. The van der Waals surface area contributed by atoms with Crippen LogP contribution in [0.1, 0.15) is 31.4 Å². The third kappa shape index (κ3) is 2.58. The molecule has 0 radical (unpaired) electrons. The van der Waals surface area contributed by atoms with Crippen molar-refractivity contribution in [2.45, 2.75) is 25.8 Å². The molecule has 122 valence electrons. The van der Waals surface area contributed by atoms with Gasteiger partial charge in [0.25, 0.3) is 0 Å². The van der Waals surface area contributed by atoms with Crippen molar-refractivity contribution in [3.05, 3.63) is 71.2 Å². The number of fused-ring (bicyclic) bond motifs is 1. The number of para-hydroxylation sites is 2. The van der Waals surface area contributed by atoms with Crippen molar-refractivity contribution < 1.29 is 9.18 Å². The van der Waals surface area contributed by atoms with Crippen LogP contribution in [-0.2, 0) is 4.79 Å². The molecule has 4 heteroatoms. The molecule has 1 aliphatic heterocycles. The second-order valence-electron chi connectivity index (χ2n) is 6.63. The highest BCUT2D eigenvalue weighted by Gasteiger charge is 2.34. The summed E-state index contributed by atoms with van der Waals surface area (Å²) >= 11 is 0. The first kappa shape index (κ1) is 14.9. The molecule has 1 heterocycles. The van der Waals surface area contributed by atoms with E-state index in [-0.39, 0.29) is 17.6 Å². The van der Waals surface area contributed by atoms with E-state index in [9.17, 15) is 9.18 Å². The third-order valence-corrected chi connectivity index (χ3v) is 4.72. The molecule has 4 rings (SSSR count). The molecule has 0 amide bonds. The van der Waals surface area contributed by atoms with Crippen molar-refractivity contribution in [3.8, 4) is 0 Å². The number of ketones is 1. The lowest BCUT2D eigenvalue weighted by molar-refractivity contribution is -0.117. The number of carbonyl (C=O) groups excluding carboxylic acids is 1. The molecule has 2 aromatic carbocycles. The topological polar surface area (TPSA) is 41.1 Å². The summed E-state index contributed by atoms with van der Waals surface area (Å²) in [6.45, 7) is 2.10. The maximum atomic E-state index is 13.3. The molecule has 0 spiro atoms. The number of hydrogen-bond donors (Lipinski definition) is 2. The number of nitrogens with one attached hydrogen (secondary N) is 2. The third-order valence-electron chi connectivity index (χ3n) is 4.72. The van der Waals surface area contributed by atoms with Gasteiger partial charge in [-0.05, 0) is 42.2 Å². The Kier molecular flexibility index (Phi) is 3.60. The molecule has 2 aromatic rings. The summed E-state index contributed by atoms with van der Waals surface area (Å²) in [6.07, 6.45) is 1.39. The fraction of sp³-hybridized carbons (Fsp3) is 0.250. The van der Waals surface area contributed by atoms with Crippen molar-refractivity contribution in [1.29, 1.82) is 0 Å². The Hall–Kier alpha value is -2.62. The van der Waals surface area contributed by atoms with Crippen LogP contribution in [0.15, 0.2) is 59.8 Å². The van der Waals surface area contributed by atoms with Gasteiger partial charge in [0.15, 0.2) is 5.78 Å². The van der Waals surface area contributed by atoms with Crippen LogP contribution in [-0.4, -0.2) is 5.78 Å². The van der Waals surface area contributed by atoms with Crippen LogP contribution in [0.5, 0.6) is 0 Å². The largest absolute Gasteiger partial charge is 0.372 e. The van der Waals surface area contributed by atoms with Crippen molar-refractivity contribution in [2.24, 2.45) is 5.92 Å². The van der Waals surface area contributed by atoms with Crippen molar-refractivity contribution in [1.82, 2.24) is 0 Å². The number of Topliss-reactive ketones (excluding diaryl/α,β-unsaturated/α-hetero) is 1. The average Bonchev–Trinajstić information content (AvgIpc) is 2.72. The van der Waals surface area contributed by atoms with Gasteiger partial charge in [-0.2, -0.15) is 0 Å². The lowest BCUT2D eigenvalue weighted by Crippen LogP contribution is -2.26. The Morgan fingerprint density at radius 1 is 1.00 bits per heavy atom. The van der Waals surface area contributed by atoms with Crippen LogP contribution in [0.2, 0.25) is 0 Å². The van der Waals surface area contributed by atoms with E-state index in [1.54, 1.807) is 12.1 Å². The second kappa shape index (κ2) is 5.78. The predicted molar refractivity (Wildman–Crippen MR) is 93.3 cm³/mol. The van der Waals surface area contributed by atoms with E-state index in [1.807, 2.05) is 24.3 Å². The van der Waals surface area contributed by atoms with E-state index in [2.05, 4.69) is 17.6 Å². The molecule has 0 bridgehead atoms. The summed E-state index contributed by atoms with van der Waals surface area (Å²) in [7, 11) is 0. The smallest absolute Gasteiger partial charge is 0.163 e. The minimum absolute atomic E-state index is 0.158. The van der Waals surface area contributed by atoms with Gasteiger partial charge in [0.05, 0.1) is 17.4 Å². The zero-order valence-electron chi connectivity index (χ0n) is 13.5. The average molecular weight is 322 g/mol. The van der Waals surface area contributed by atoms with Gasteiger partial charge in [0, 0.05) is 17.7 Å². The highest BCUT2D eigenvalue weighted by molar-refractivity contribution is 6.00. The Labute approximate surface area is 140 Å². The minimum atomic E-state index is -0.274. The Morgan fingerprint density at radius 2 is 1.71 bits per heavy atom. The van der Waals surface area contributed by atoms with E-state index in [0.29, 0.717) is 12.3 Å². The molecule has 2 aliphatic rings. The van der Waals surface area contributed by atoms with Gasteiger partial charge in [-0.3, -0.25) is 4.79 Å². The molecule has 0 aromatic heterocycles. The predicted octanol–water partition coefficient (Wildman–Crippen LogP) is 4.66. The molecule has 3 nitrogen and oxygen atoms in total. The lowest BCUT2D eigenvalue weighted by atomic mass is 9.82. The van der Waals surface area contributed by atoms with Gasteiger partial charge in [0.1, 0.15) is 5.82 Å². The van der Waals surface area contributed by atoms with Crippen LogP contribution in [0.25, 0.3) is 0 Å². The standard InChI is InChI=1S/C20H19FN2O/c1-12-10-17-19(18(24)11-12)20(13-6-8-14(21)9-7-13)23-16-5-3-2-4-15(16)22-17/h2-9,12,20,22-23H,10-11H2,1H3/t12-,20+/m0/s1. The van der Waals surface area contributed by atoms with Crippen molar-refractivity contribution in [3.63, 3.8) is 0 Å². The maximum absolute atomic E-state index is 13.3. The zero-order valence-corrected chi connectivity index (χ0v) is 13.5. The van der Waals surface area contributed by atoms with E-state index in [0.717, 1.165) is 34.6 Å². The first-order valence-corrected chi connectivity index (χ1v) is 8.26. The fourth-order valence-corrected chi connectivity index (χ4v) is 3.59. The maximum Gasteiger partial charge on any atom is 0.163 e. The summed E-state index contributed by atoms with van der Waals surface area (Å²) in [5.41, 5.74) is 4.56. The van der Waals surface area contributed by atoms with E-state index >= 15 is 0 Å². The molecule has 2 atom stereocenters. The molecule has 24 heavy (non-hydrogen) atoms. The Bertz CT molecular complexity index is 826. The molecule has 1 aliphatic carbocycles. The van der Waals surface area contributed by atoms with Gasteiger partial charge in [-0.25, -0.2) is 4.39 Å². The summed E-state index contributed by atoms with van der Waals surface area (Å²) in [6, 6.07) is 14.0. The van der Waals surface area contributed by atoms with Gasteiger partial charge in [0.2, 0.25) is 0 Å². The van der Waals surface area contributed by atoms with Gasteiger partial charge in [-0.1, -0.05) is 31.2 Å². The minimum Gasteiger partial charge on any atom is -0.372 e. The van der Waals surface area contributed by atoms with Crippen LogP contribution in [0.3, 0.4) is 0 Å². The number of anilines is 2. The molecule has 0 unspecified atom stereocenters. The summed E-state index contributed by atoms with van der Waals surface area (Å²) in [4.78, 5) is 12.8. The quantitative estimate of drug-likeness (QED) is 0.802.